The van der Waals surface area contributed by atoms with Crippen LogP contribution in [0.25, 0.3) is 11.5 Å². The first-order chi connectivity index (χ1) is 13.1. The van der Waals surface area contributed by atoms with Gasteiger partial charge < -0.3 is 18.6 Å². The van der Waals surface area contributed by atoms with Crippen molar-refractivity contribution in [3.05, 3.63) is 53.6 Å². The van der Waals surface area contributed by atoms with Crippen molar-refractivity contribution >= 4 is 17.9 Å². The molecule has 27 heavy (non-hydrogen) atoms. The first-order valence-corrected chi connectivity index (χ1v) is 7.87. The Balaban J connectivity index is 1.47. The first kappa shape index (κ1) is 16.6. The lowest BCUT2D eigenvalue weighted by Crippen LogP contribution is -2.12. The molecule has 9 heteroatoms. The number of methoxy groups -OCH3 is 1. The van der Waals surface area contributed by atoms with E-state index in [1.807, 2.05) is 0 Å². The third kappa shape index (κ3) is 3.30. The Kier molecular flexibility index (Phi) is 4.17. The molecule has 2 heterocycles. The molecule has 136 valence electrons. The number of benzene rings is 2. The van der Waals surface area contributed by atoms with Gasteiger partial charge in [-0.2, -0.15) is 0 Å². The van der Waals surface area contributed by atoms with E-state index in [1.165, 1.54) is 31.4 Å². The Morgan fingerprint density at radius 2 is 1.74 bits per heavy atom. The van der Waals surface area contributed by atoms with Crippen molar-refractivity contribution in [2.45, 2.75) is 0 Å². The van der Waals surface area contributed by atoms with Gasteiger partial charge in [0.1, 0.15) is 0 Å². The molecule has 0 atom stereocenters. The van der Waals surface area contributed by atoms with Gasteiger partial charge in [0.25, 0.3) is 5.91 Å². The lowest BCUT2D eigenvalue weighted by atomic mass is 10.1. The van der Waals surface area contributed by atoms with Crippen molar-refractivity contribution in [2.75, 3.05) is 19.2 Å². The van der Waals surface area contributed by atoms with Crippen LogP contribution in [0, 0.1) is 0 Å². The number of hydrogen-bond acceptors (Lipinski definition) is 8. The number of nitrogens with zero attached hydrogens (tertiary/aromatic N) is 2. The van der Waals surface area contributed by atoms with E-state index in [0.717, 1.165) is 0 Å². The number of hydrogen-bond donors (Lipinski definition) is 1. The van der Waals surface area contributed by atoms with E-state index >= 15 is 0 Å². The van der Waals surface area contributed by atoms with Gasteiger partial charge in [0, 0.05) is 11.1 Å². The van der Waals surface area contributed by atoms with Crippen LogP contribution in [-0.4, -0.2) is 36.0 Å². The van der Waals surface area contributed by atoms with E-state index in [-0.39, 0.29) is 18.7 Å². The number of ether oxygens (including phenoxy) is 3. The number of aromatic nitrogens is 2. The van der Waals surface area contributed by atoms with Crippen LogP contribution < -0.4 is 14.8 Å². The molecule has 0 radical (unpaired) electrons. The summed E-state index contributed by atoms with van der Waals surface area (Å²) in [6.45, 7) is 0.165. The Morgan fingerprint density at radius 1 is 1.00 bits per heavy atom. The molecule has 0 saturated heterocycles. The van der Waals surface area contributed by atoms with Gasteiger partial charge in [-0.05, 0) is 42.5 Å². The summed E-state index contributed by atoms with van der Waals surface area (Å²) >= 11 is 0. The Morgan fingerprint density at radius 3 is 2.52 bits per heavy atom. The third-order valence-electron chi connectivity index (χ3n) is 3.83. The fraction of sp³-hybridized carbons (Fsp3) is 0.111. The summed E-state index contributed by atoms with van der Waals surface area (Å²) < 4.78 is 20.7. The Labute approximate surface area is 152 Å². The van der Waals surface area contributed by atoms with Crippen molar-refractivity contribution in [1.82, 2.24) is 10.2 Å². The van der Waals surface area contributed by atoms with Gasteiger partial charge in [-0.15, -0.1) is 5.10 Å². The van der Waals surface area contributed by atoms with E-state index in [2.05, 4.69) is 20.3 Å². The van der Waals surface area contributed by atoms with E-state index < -0.39 is 11.9 Å². The molecule has 1 aliphatic heterocycles. The molecule has 3 aromatic rings. The summed E-state index contributed by atoms with van der Waals surface area (Å²) in [6.07, 6.45) is 0. The minimum atomic E-state index is -0.479. The lowest BCUT2D eigenvalue weighted by molar-refractivity contribution is 0.0600. The second-order valence-electron chi connectivity index (χ2n) is 5.50. The molecule has 0 bridgehead atoms. The summed E-state index contributed by atoms with van der Waals surface area (Å²) in [7, 11) is 1.29. The first-order valence-electron chi connectivity index (χ1n) is 7.87. The maximum Gasteiger partial charge on any atom is 0.337 e. The predicted octanol–water partition coefficient (Wildman–Crippen LogP) is 2.50. The summed E-state index contributed by atoms with van der Waals surface area (Å²) in [5.74, 6) is 0.522. The standard InChI is InChI=1S/C18H13N3O6/c1-24-17(23)11-4-2-10(3-5-11)15(22)19-18-21-20-16(27-18)12-6-7-13-14(8-12)26-9-25-13/h2-8H,9H2,1H3,(H,19,21,22). The number of rotatable bonds is 4. The molecule has 0 saturated carbocycles. The van der Waals surface area contributed by atoms with E-state index in [0.29, 0.717) is 28.2 Å². The maximum atomic E-state index is 12.3. The number of esters is 1. The lowest BCUT2D eigenvalue weighted by Gasteiger charge is -2.02. The number of anilines is 1. The minimum absolute atomic E-state index is 0.0512. The molecule has 1 N–H and O–H groups in total. The molecule has 1 amide bonds. The number of amides is 1. The summed E-state index contributed by atoms with van der Waals surface area (Å²) in [4.78, 5) is 23.7. The largest absolute Gasteiger partial charge is 0.465 e. The van der Waals surface area contributed by atoms with Gasteiger partial charge in [0.2, 0.25) is 12.7 Å². The zero-order valence-corrected chi connectivity index (χ0v) is 14.1. The molecule has 0 unspecified atom stereocenters. The van der Waals surface area contributed by atoms with Crippen LogP contribution in [-0.2, 0) is 4.74 Å². The van der Waals surface area contributed by atoms with Crippen molar-refractivity contribution < 1.29 is 28.2 Å². The van der Waals surface area contributed by atoms with Gasteiger partial charge in [-0.3, -0.25) is 10.1 Å². The maximum absolute atomic E-state index is 12.3. The summed E-state index contributed by atoms with van der Waals surface area (Å²) in [6, 6.07) is 11.1. The Bertz CT molecular complexity index is 1010. The summed E-state index contributed by atoms with van der Waals surface area (Å²) in [5, 5.41) is 10.2. The fourth-order valence-corrected chi connectivity index (χ4v) is 2.46. The molecule has 9 nitrogen and oxygen atoms in total. The van der Waals surface area contributed by atoms with E-state index in [4.69, 9.17) is 13.9 Å². The topological polar surface area (TPSA) is 113 Å². The minimum Gasteiger partial charge on any atom is -0.465 e. The molecule has 0 aliphatic carbocycles. The molecule has 0 fully saturated rings. The van der Waals surface area contributed by atoms with Gasteiger partial charge in [-0.1, -0.05) is 5.10 Å². The van der Waals surface area contributed by atoms with Gasteiger partial charge in [-0.25, -0.2) is 4.79 Å². The smallest absolute Gasteiger partial charge is 0.337 e. The monoisotopic (exact) mass is 367 g/mol. The highest BCUT2D eigenvalue weighted by Gasteiger charge is 2.18. The SMILES string of the molecule is COC(=O)c1ccc(C(=O)Nc2nnc(-c3ccc4c(c3)OCO4)o2)cc1. The molecule has 1 aromatic heterocycles. The molecule has 1 aliphatic rings. The van der Waals surface area contributed by atoms with Gasteiger partial charge >= 0.3 is 12.0 Å². The molecular weight excluding hydrogens is 354 g/mol. The number of nitrogens with one attached hydrogen (secondary N) is 1. The van der Waals surface area contributed by atoms with Gasteiger partial charge in [0.15, 0.2) is 11.5 Å². The van der Waals surface area contributed by atoms with E-state index in [1.54, 1.807) is 18.2 Å². The molecule has 0 spiro atoms. The predicted molar refractivity (Wildman–Crippen MR) is 91.6 cm³/mol. The average Bonchev–Trinajstić information content (AvgIpc) is 3.36. The number of carbonyl (C=O) groups is 2. The molecule has 2 aromatic carbocycles. The van der Waals surface area contributed by atoms with Crippen LogP contribution in [0.3, 0.4) is 0 Å². The van der Waals surface area contributed by atoms with Gasteiger partial charge in [0.05, 0.1) is 12.7 Å². The van der Waals surface area contributed by atoms with Crippen LogP contribution in [0.2, 0.25) is 0 Å². The van der Waals surface area contributed by atoms with Crippen molar-refractivity contribution in [3.63, 3.8) is 0 Å². The zero-order valence-electron chi connectivity index (χ0n) is 14.1. The highest BCUT2D eigenvalue weighted by molar-refractivity contribution is 6.03. The average molecular weight is 367 g/mol. The van der Waals surface area contributed by atoms with Crippen molar-refractivity contribution in [3.8, 4) is 23.0 Å². The number of fused-ring (bicyclic) bond motifs is 1. The quantitative estimate of drug-likeness (QED) is 0.700. The third-order valence-corrected chi connectivity index (χ3v) is 3.83. The highest BCUT2D eigenvalue weighted by atomic mass is 16.7. The second kappa shape index (κ2) is 6.79. The van der Waals surface area contributed by atoms with Crippen molar-refractivity contribution in [1.29, 1.82) is 0 Å². The van der Waals surface area contributed by atoms with Crippen LogP contribution >= 0.6 is 0 Å². The Hall–Kier alpha value is -3.88. The number of carbonyl (C=O) groups excluding carboxylic acids is 2. The molecular formula is C18H13N3O6. The normalized spacial score (nSPS) is 11.9. The van der Waals surface area contributed by atoms with Crippen LogP contribution in [0.1, 0.15) is 20.7 Å². The van der Waals surface area contributed by atoms with Crippen LogP contribution in [0.5, 0.6) is 11.5 Å². The molecule has 4 rings (SSSR count). The highest BCUT2D eigenvalue weighted by Crippen LogP contribution is 2.35. The fourth-order valence-electron chi connectivity index (χ4n) is 2.46. The zero-order chi connectivity index (χ0) is 18.8. The van der Waals surface area contributed by atoms with Crippen LogP contribution in [0.15, 0.2) is 46.9 Å². The summed E-state index contributed by atoms with van der Waals surface area (Å²) in [5.41, 5.74) is 1.30. The second-order valence-corrected chi connectivity index (χ2v) is 5.50. The van der Waals surface area contributed by atoms with E-state index in [9.17, 15) is 9.59 Å². The van der Waals surface area contributed by atoms with Crippen LogP contribution in [0.4, 0.5) is 6.01 Å². The van der Waals surface area contributed by atoms with Crippen molar-refractivity contribution in [2.24, 2.45) is 0 Å².